The van der Waals surface area contributed by atoms with Gasteiger partial charge < -0.3 is 0 Å². The van der Waals surface area contributed by atoms with E-state index < -0.39 is 0 Å². The molecule has 0 radical (unpaired) electrons. The Bertz CT molecular complexity index is 569. The number of carbonyl (C=O) groups is 1. The molecule has 1 aromatic heterocycles. The molecule has 5 heteroatoms. The molecule has 0 fully saturated rings. The highest BCUT2D eigenvalue weighted by Gasteiger charge is 2.02. The second-order valence-electron chi connectivity index (χ2n) is 3.46. The first-order chi connectivity index (χ1) is 8.77. The normalized spacial score (nSPS) is 10.5. The lowest BCUT2D eigenvalue weighted by atomic mass is 10.2. The number of hydrazone groups is 1. The predicted molar refractivity (Wildman–Crippen MR) is 78.5 cm³/mol. The van der Waals surface area contributed by atoms with E-state index in [4.69, 9.17) is 0 Å². The van der Waals surface area contributed by atoms with Crippen molar-refractivity contribution in [2.45, 2.75) is 0 Å². The van der Waals surface area contributed by atoms with Crippen molar-refractivity contribution < 1.29 is 4.79 Å². The Morgan fingerprint density at radius 2 is 1.94 bits per heavy atom. The SMILES string of the molecule is O=C(NN=Cc1ccccc1I)c1ccncc1. The van der Waals surface area contributed by atoms with Crippen molar-refractivity contribution >= 4 is 34.7 Å². The number of carbonyl (C=O) groups excluding carboxylic acids is 1. The molecule has 2 aromatic rings. The van der Waals surface area contributed by atoms with Gasteiger partial charge in [0.15, 0.2) is 0 Å². The minimum Gasteiger partial charge on any atom is -0.267 e. The van der Waals surface area contributed by atoms with Crippen molar-refractivity contribution in [3.63, 3.8) is 0 Å². The highest BCUT2D eigenvalue weighted by molar-refractivity contribution is 14.1. The van der Waals surface area contributed by atoms with E-state index in [1.54, 1.807) is 30.7 Å². The zero-order chi connectivity index (χ0) is 12.8. The molecule has 2 rings (SSSR count). The van der Waals surface area contributed by atoms with Gasteiger partial charge in [0, 0.05) is 27.1 Å². The van der Waals surface area contributed by atoms with Crippen molar-refractivity contribution in [2.24, 2.45) is 5.10 Å². The van der Waals surface area contributed by atoms with Crippen molar-refractivity contribution in [2.75, 3.05) is 0 Å². The van der Waals surface area contributed by atoms with E-state index in [0.29, 0.717) is 5.56 Å². The minimum absolute atomic E-state index is 0.250. The molecule has 0 unspecified atom stereocenters. The average Bonchev–Trinajstić information content (AvgIpc) is 2.42. The maximum absolute atomic E-state index is 11.7. The summed E-state index contributed by atoms with van der Waals surface area (Å²) in [5.74, 6) is -0.250. The Hall–Kier alpha value is -1.76. The van der Waals surface area contributed by atoms with Crippen LogP contribution in [0.2, 0.25) is 0 Å². The Morgan fingerprint density at radius 1 is 1.22 bits per heavy atom. The van der Waals surface area contributed by atoms with Gasteiger partial charge >= 0.3 is 0 Å². The fraction of sp³-hybridized carbons (Fsp3) is 0. The number of hydrogen-bond acceptors (Lipinski definition) is 3. The molecule has 0 saturated heterocycles. The van der Waals surface area contributed by atoms with Crippen molar-refractivity contribution in [3.05, 3.63) is 63.5 Å². The van der Waals surface area contributed by atoms with Gasteiger partial charge in [-0.25, -0.2) is 5.43 Å². The van der Waals surface area contributed by atoms with Crippen LogP contribution in [0.5, 0.6) is 0 Å². The topological polar surface area (TPSA) is 54.4 Å². The summed E-state index contributed by atoms with van der Waals surface area (Å²) in [6, 6.07) is 11.1. The van der Waals surface area contributed by atoms with Crippen molar-refractivity contribution in [3.8, 4) is 0 Å². The summed E-state index contributed by atoms with van der Waals surface area (Å²) < 4.78 is 1.08. The summed E-state index contributed by atoms with van der Waals surface area (Å²) in [4.78, 5) is 15.5. The number of hydrogen-bond donors (Lipinski definition) is 1. The van der Waals surface area contributed by atoms with Crippen LogP contribution in [0.1, 0.15) is 15.9 Å². The van der Waals surface area contributed by atoms with Crippen LogP contribution in [0.25, 0.3) is 0 Å². The molecular weight excluding hydrogens is 341 g/mol. The third kappa shape index (κ3) is 3.36. The summed E-state index contributed by atoms with van der Waals surface area (Å²) in [6.07, 6.45) is 4.76. The van der Waals surface area contributed by atoms with Gasteiger partial charge in [-0.15, -0.1) is 0 Å². The molecule has 1 N–H and O–H groups in total. The zero-order valence-corrected chi connectivity index (χ0v) is 11.5. The van der Waals surface area contributed by atoms with Gasteiger partial charge in [-0.05, 0) is 40.8 Å². The first kappa shape index (κ1) is 12.7. The van der Waals surface area contributed by atoms with Gasteiger partial charge in [-0.1, -0.05) is 18.2 Å². The summed E-state index contributed by atoms with van der Waals surface area (Å²) in [7, 11) is 0. The minimum atomic E-state index is -0.250. The fourth-order valence-electron chi connectivity index (χ4n) is 1.31. The van der Waals surface area contributed by atoms with Gasteiger partial charge in [-0.3, -0.25) is 9.78 Å². The molecule has 0 atom stereocenters. The molecule has 0 bridgehead atoms. The molecule has 4 nitrogen and oxygen atoms in total. The van der Waals surface area contributed by atoms with Crippen LogP contribution in [0.15, 0.2) is 53.9 Å². The van der Waals surface area contributed by atoms with Crippen LogP contribution >= 0.6 is 22.6 Å². The summed E-state index contributed by atoms with van der Waals surface area (Å²) in [5.41, 5.74) is 3.97. The van der Waals surface area contributed by atoms with Gasteiger partial charge in [0.25, 0.3) is 5.91 Å². The molecule has 0 aliphatic rings. The molecular formula is C13H10IN3O. The molecule has 0 aliphatic carbocycles. The number of halogens is 1. The predicted octanol–water partition coefficient (Wildman–Crippen LogP) is 2.45. The quantitative estimate of drug-likeness (QED) is 0.525. The second-order valence-corrected chi connectivity index (χ2v) is 4.62. The van der Waals surface area contributed by atoms with Crippen LogP contribution in [-0.2, 0) is 0 Å². The van der Waals surface area contributed by atoms with Gasteiger partial charge in [-0.2, -0.15) is 5.10 Å². The standard InChI is InChI=1S/C13H10IN3O/c14-12-4-2-1-3-11(12)9-16-17-13(18)10-5-7-15-8-6-10/h1-9H,(H,17,18). The molecule has 1 aromatic carbocycles. The molecule has 90 valence electrons. The summed E-state index contributed by atoms with van der Waals surface area (Å²) in [6.45, 7) is 0. The van der Waals surface area contributed by atoms with Gasteiger partial charge in [0.05, 0.1) is 6.21 Å². The van der Waals surface area contributed by atoms with E-state index in [-0.39, 0.29) is 5.91 Å². The van der Waals surface area contributed by atoms with Gasteiger partial charge in [0.1, 0.15) is 0 Å². The number of nitrogens with one attached hydrogen (secondary N) is 1. The smallest absolute Gasteiger partial charge is 0.267 e. The maximum atomic E-state index is 11.7. The largest absolute Gasteiger partial charge is 0.271 e. The van der Waals surface area contributed by atoms with Crippen LogP contribution in [0, 0.1) is 3.57 Å². The highest BCUT2D eigenvalue weighted by Crippen LogP contribution is 2.08. The highest BCUT2D eigenvalue weighted by atomic mass is 127. The summed E-state index contributed by atoms with van der Waals surface area (Å²) in [5, 5.41) is 3.93. The Kier molecular flexibility index (Phi) is 4.40. The second kappa shape index (κ2) is 6.25. The molecule has 1 heterocycles. The number of rotatable bonds is 3. The number of benzene rings is 1. The molecule has 0 spiro atoms. The number of pyridine rings is 1. The lowest BCUT2D eigenvalue weighted by Gasteiger charge is -1.99. The van der Waals surface area contributed by atoms with Crippen molar-refractivity contribution in [1.29, 1.82) is 0 Å². The van der Waals surface area contributed by atoms with Crippen molar-refractivity contribution in [1.82, 2.24) is 10.4 Å². The fourth-order valence-corrected chi connectivity index (χ4v) is 1.83. The lowest BCUT2D eigenvalue weighted by molar-refractivity contribution is 0.0955. The third-order valence-corrected chi connectivity index (χ3v) is 3.20. The van der Waals surface area contributed by atoms with E-state index in [2.05, 4.69) is 38.1 Å². The molecule has 18 heavy (non-hydrogen) atoms. The first-order valence-electron chi connectivity index (χ1n) is 5.25. The van der Waals surface area contributed by atoms with E-state index in [1.807, 2.05) is 24.3 Å². The van der Waals surface area contributed by atoms with E-state index >= 15 is 0 Å². The van der Waals surface area contributed by atoms with Crippen LogP contribution in [0.4, 0.5) is 0 Å². The molecule has 1 amide bonds. The van der Waals surface area contributed by atoms with Crippen LogP contribution in [-0.4, -0.2) is 17.1 Å². The number of aromatic nitrogens is 1. The summed E-state index contributed by atoms with van der Waals surface area (Å²) >= 11 is 2.22. The Morgan fingerprint density at radius 3 is 2.67 bits per heavy atom. The Labute approximate surface area is 118 Å². The first-order valence-corrected chi connectivity index (χ1v) is 6.33. The molecule has 0 aliphatic heterocycles. The van der Waals surface area contributed by atoms with Gasteiger partial charge in [0.2, 0.25) is 0 Å². The number of amides is 1. The zero-order valence-electron chi connectivity index (χ0n) is 9.38. The van der Waals surface area contributed by atoms with E-state index in [1.165, 1.54) is 0 Å². The monoisotopic (exact) mass is 351 g/mol. The number of nitrogens with zero attached hydrogens (tertiary/aromatic N) is 2. The molecule has 0 saturated carbocycles. The van der Waals surface area contributed by atoms with E-state index in [9.17, 15) is 4.79 Å². The maximum Gasteiger partial charge on any atom is 0.271 e. The van der Waals surface area contributed by atoms with Crippen LogP contribution in [0.3, 0.4) is 0 Å². The Balaban J connectivity index is 2.00. The third-order valence-electron chi connectivity index (χ3n) is 2.22. The van der Waals surface area contributed by atoms with E-state index in [0.717, 1.165) is 9.13 Å². The lowest BCUT2D eigenvalue weighted by Crippen LogP contribution is -2.17. The average molecular weight is 351 g/mol. The van der Waals surface area contributed by atoms with Crippen LogP contribution < -0.4 is 5.43 Å².